The molecule has 0 saturated carbocycles. The third-order valence-electron chi connectivity index (χ3n) is 4.60. The standard InChI is InChI=1S/C17H22FN5O2/c1-5-13-15(18)16(20-9-19-13)25-12-6-7-23(8-12)17(24)14-10(2)21-22(4)11(14)3/h9,12H,5-8H2,1-4H3/t12-/m0/s1. The molecule has 1 saturated heterocycles. The molecule has 1 amide bonds. The number of carbonyl (C=O) groups is 1. The van der Waals surface area contributed by atoms with Crippen molar-refractivity contribution in [1.29, 1.82) is 0 Å². The van der Waals surface area contributed by atoms with E-state index in [0.29, 0.717) is 42.9 Å². The molecule has 0 spiro atoms. The van der Waals surface area contributed by atoms with Gasteiger partial charge in [-0.2, -0.15) is 14.5 Å². The van der Waals surface area contributed by atoms with Crippen LogP contribution in [0.2, 0.25) is 0 Å². The average Bonchev–Trinajstić information content (AvgIpc) is 3.14. The van der Waals surface area contributed by atoms with Crippen LogP contribution in [0.1, 0.15) is 40.8 Å². The highest BCUT2D eigenvalue weighted by Gasteiger charge is 2.31. The third-order valence-corrected chi connectivity index (χ3v) is 4.60. The molecule has 0 radical (unpaired) electrons. The Hall–Kier alpha value is -2.51. The van der Waals surface area contributed by atoms with E-state index >= 15 is 0 Å². The van der Waals surface area contributed by atoms with Crippen molar-refractivity contribution in [3.8, 4) is 5.88 Å². The highest BCUT2D eigenvalue weighted by molar-refractivity contribution is 5.96. The zero-order valence-electron chi connectivity index (χ0n) is 14.9. The number of aryl methyl sites for hydroxylation is 3. The van der Waals surface area contributed by atoms with Crippen LogP contribution in [0.4, 0.5) is 4.39 Å². The Morgan fingerprint density at radius 2 is 2.16 bits per heavy atom. The largest absolute Gasteiger partial charge is 0.470 e. The zero-order chi connectivity index (χ0) is 18.1. The Kier molecular flexibility index (Phi) is 4.69. The summed E-state index contributed by atoms with van der Waals surface area (Å²) in [5.41, 5.74) is 2.51. The molecule has 0 aliphatic carbocycles. The Balaban J connectivity index is 1.71. The monoisotopic (exact) mass is 347 g/mol. The SMILES string of the molecule is CCc1ncnc(O[C@H]2CCN(C(=O)c3c(C)nn(C)c3C)C2)c1F. The maximum atomic E-state index is 14.2. The summed E-state index contributed by atoms with van der Waals surface area (Å²) in [4.78, 5) is 22.3. The van der Waals surface area contributed by atoms with Gasteiger partial charge in [-0.25, -0.2) is 4.98 Å². The number of amides is 1. The highest BCUT2D eigenvalue weighted by Crippen LogP contribution is 2.23. The van der Waals surface area contributed by atoms with E-state index in [2.05, 4.69) is 15.1 Å². The Bertz CT molecular complexity index is 805. The van der Waals surface area contributed by atoms with Gasteiger partial charge in [-0.1, -0.05) is 6.92 Å². The number of ether oxygens (including phenoxy) is 1. The lowest BCUT2D eigenvalue weighted by Crippen LogP contribution is -2.31. The number of aromatic nitrogens is 4. The molecular weight excluding hydrogens is 325 g/mol. The van der Waals surface area contributed by atoms with Crippen molar-refractivity contribution in [3.63, 3.8) is 0 Å². The minimum atomic E-state index is -0.520. The second-order valence-electron chi connectivity index (χ2n) is 6.24. The van der Waals surface area contributed by atoms with Crippen molar-refractivity contribution in [2.75, 3.05) is 13.1 Å². The van der Waals surface area contributed by atoms with Crippen molar-refractivity contribution in [2.24, 2.45) is 7.05 Å². The van der Waals surface area contributed by atoms with E-state index < -0.39 is 5.82 Å². The molecule has 3 rings (SSSR count). The van der Waals surface area contributed by atoms with Gasteiger partial charge in [0.05, 0.1) is 23.5 Å². The number of hydrogen-bond donors (Lipinski definition) is 0. The molecule has 0 aromatic carbocycles. The summed E-state index contributed by atoms with van der Waals surface area (Å²) >= 11 is 0. The van der Waals surface area contributed by atoms with Crippen LogP contribution < -0.4 is 4.74 Å². The minimum absolute atomic E-state index is 0.0418. The third kappa shape index (κ3) is 3.20. The van der Waals surface area contributed by atoms with E-state index in [0.717, 1.165) is 5.69 Å². The summed E-state index contributed by atoms with van der Waals surface area (Å²) in [5.74, 6) is -0.625. The topological polar surface area (TPSA) is 73.1 Å². The van der Waals surface area contributed by atoms with Gasteiger partial charge < -0.3 is 9.64 Å². The number of hydrogen-bond acceptors (Lipinski definition) is 5. The van der Waals surface area contributed by atoms with Crippen LogP contribution in [-0.2, 0) is 13.5 Å². The van der Waals surface area contributed by atoms with Crippen molar-refractivity contribution in [2.45, 2.75) is 39.7 Å². The van der Waals surface area contributed by atoms with Gasteiger partial charge >= 0.3 is 0 Å². The summed E-state index contributed by atoms with van der Waals surface area (Å²) in [6.45, 7) is 6.48. The molecule has 7 nitrogen and oxygen atoms in total. The van der Waals surface area contributed by atoms with Crippen LogP contribution >= 0.6 is 0 Å². The van der Waals surface area contributed by atoms with E-state index in [4.69, 9.17) is 4.74 Å². The number of nitrogens with zero attached hydrogens (tertiary/aromatic N) is 5. The van der Waals surface area contributed by atoms with Gasteiger partial charge in [0.25, 0.3) is 11.8 Å². The van der Waals surface area contributed by atoms with Crippen LogP contribution in [0.15, 0.2) is 6.33 Å². The van der Waals surface area contributed by atoms with Crippen molar-refractivity contribution >= 4 is 5.91 Å². The lowest BCUT2D eigenvalue weighted by molar-refractivity contribution is 0.0768. The normalized spacial score (nSPS) is 17.2. The summed E-state index contributed by atoms with van der Waals surface area (Å²) in [6, 6.07) is 0. The maximum Gasteiger partial charge on any atom is 0.257 e. The molecule has 1 aliphatic rings. The molecule has 0 bridgehead atoms. The molecule has 2 aromatic heterocycles. The fourth-order valence-electron chi connectivity index (χ4n) is 3.12. The van der Waals surface area contributed by atoms with Crippen LogP contribution in [0.25, 0.3) is 0 Å². The minimum Gasteiger partial charge on any atom is -0.470 e. The van der Waals surface area contributed by atoms with E-state index in [-0.39, 0.29) is 17.9 Å². The van der Waals surface area contributed by atoms with Gasteiger partial charge in [0.2, 0.25) is 5.82 Å². The Labute approximate surface area is 145 Å². The molecular formula is C17H22FN5O2. The maximum absolute atomic E-state index is 14.2. The van der Waals surface area contributed by atoms with Gasteiger partial charge in [0, 0.05) is 25.7 Å². The summed E-state index contributed by atoms with van der Waals surface area (Å²) in [6.07, 6.45) is 2.13. The zero-order valence-corrected chi connectivity index (χ0v) is 14.9. The molecule has 1 fully saturated rings. The molecule has 134 valence electrons. The molecule has 0 N–H and O–H groups in total. The van der Waals surface area contributed by atoms with Gasteiger partial charge in [-0.3, -0.25) is 9.48 Å². The first-order valence-electron chi connectivity index (χ1n) is 8.37. The highest BCUT2D eigenvalue weighted by atomic mass is 19.1. The van der Waals surface area contributed by atoms with Crippen LogP contribution in [0, 0.1) is 19.7 Å². The van der Waals surface area contributed by atoms with Crippen LogP contribution in [0.3, 0.4) is 0 Å². The molecule has 1 atom stereocenters. The van der Waals surface area contributed by atoms with Crippen molar-refractivity contribution in [1.82, 2.24) is 24.6 Å². The van der Waals surface area contributed by atoms with Crippen molar-refractivity contribution in [3.05, 3.63) is 34.8 Å². The number of carbonyl (C=O) groups excluding carboxylic acids is 1. The fraction of sp³-hybridized carbons (Fsp3) is 0.529. The predicted molar refractivity (Wildman–Crippen MR) is 89.0 cm³/mol. The number of halogens is 1. The van der Waals surface area contributed by atoms with Crippen molar-refractivity contribution < 1.29 is 13.9 Å². The Morgan fingerprint density at radius 1 is 1.40 bits per heavy atom. The van der Waals surface area contributed by atoms with E-state index in [1.807, 2.05) is 27.8 Å². The second kappa shape index (κ2) is 6.78. The molecule has 1 aliphatic heterocycles. The van der Waals surface area contributed by atoms with E-state index in [1.165, 1.54) is 6.33 Å². The van der Waals surface area contributed by atoms with Crippen LogP contribution in [-0.4, -0.2) is 49.7 Å². The first kappa shape index (κ1) is 17.3. The molecule has 0 unspecified atom stereocenters. The van der Waals surface area contributed by atoms with Gasteiger partial charge in [0.1, 0.15) is 12.4 Å². The Morgan fingerprint density at radius 3 is 2.80 bits per heavy atom. The average molecular weight is 347 g/mol. The molecule has 3 heterocycles. The molecule has 2 aromatic rings. The number of rotatable bonds is 4. The van der Waals surface area contributed by atoms with Gasteiger partial charge in [-0.15, -0.1) is 0 Å². The van der Waals surface area contributed by atoms with Crippen LogP contribution in [0.5, 0.6) is 5.88 Å². The quantitative estimate of drug-likeness (QED) is 0.843. The lowest BCUT2D eigenvalue weighted by Gasteiger charge is -2.17. The molecule has 8 heteroatoms. The lowest BCUT2D eigenvalue weighted by atomic mass is 10.2. The molecule has 25 heavy (non-hydrogen) atoms. The van der Waals surface area contributed by atoms with E-state index in [9.17, 15) is 9.18 Å². The van der Waals surface area contributed by atoms with Gasteiger partial charge in [-0.05, 0) is 20.3 Å². The summed E-state index contributed by atoms with van der Waals surface area (Å²) < 4.78 is 21.6. The summed E-state index contributed by atoms with van der Waals surface area (Å²) in [7, 11) is 1.82. The predicted octanol–water partition coefficient (Wildman–Crippen LogP) is 1.82. The second-order valence-corrected chi connectivity index (χ2v) is 6.24. The first-order valence-corrected chi connectivity index (χ1v) is 8.37. The number of likely N-dealkylation sites (tertiary alicyclic amines) is 1. The smallest absolute Gasteiger partial charge is 0.257 e. The van der Waals surface area contributed by atoms with E-state index in [1.54, 1.807) is 9.58 Å². The summed E-state index contributed by atoms with van der Waals surface area (Å²) in [5, 5.41) is 4.29. The fourth-order valence-corrected chi connectivity index (χ4v) is 3.12. The first-order chi connectivity index (χ1) is 11.9. The van der Waals surface area contributed by atoms with Gasteiger partial charge in [0.15, 0.2) is 0 Å².